The molecule has 0 amide bonds. The molecule has 1 rings (SSSR count). The summed E-state index contributed by atoms with van der Waals surface area (Å²) in [5, 5.41) is 10.1. The SMILES string of the molecule is CC(C)CC(C)(O)Cc1ccc(F)cc1. The Morgan fingerprint density at radius 2 is 1.80 bits per heavy atom. The summed E-state index contributed by atoms with van der Waals surface area (Å²) in [6, 6.07) is 6.32. The van der Waals surface area contributed by atoms with Crippen LogP contribution < -0.4 is 0 Å². The Morgan fingerprint density at radius 1 is 1.27 bits per heavy atom. The van der Waals surface area contributed by atoms with Gasteiger partial charge in [0.05, 0.1) is 5.60 Å². The van der Waals surface area contributed by atoms with Crippen LogP contribution in [0.15, 0.2) is 24.3 Å². The molecule has 0 saturated heterocycles. The van der Waals surface area contributed by atoms with E-state index in [0.29, 0.717) is 12.3 Å². The van der Waals surface area contributed by atoms with Crippen molar-refractivity contribution in [3.8, 4) is 0 Å². The predicted octanol–water partition coefficient (Wildman–Crippen LogP) is 3.17. The van der Waals surface area contributed by atoms with Gasteiger partial charge in [-0.05, 0) is 37.0 Å². The molecule has 0 fully saturated rings. The first-order chi connectivity index (χ1) is 6.89. The molecule has 1 atom stereocenters. The number of benzene rings is 1. The van der Waals surface area contributed by atoms with Crippen molar-refractivity contribution in [2.24, 2.45) is 5.92 Å². The molecule has 1 aromatic rings. The van der Waals surface area contributed by atoms with Crippen LogP contribution in [0, 0.1) is 11.7 Å². The monoisotopic (exact) mass is 210 g/mol. The molecule has 0 radical (unpaired) electrons. The van der Waals surface area contributed by atoms with E-state index in [9.17, 15) is 9.50 Å². The van der Waals surface area contributed by atoms with Crippen LogP contribution in [0.4, 0.5) is 4.39 Å². The largest absolute Gasteiger partial charge is 0.390 e. The summed E-state index contributed by atoms with van der Waals surface area (Å²) in [5.74, 6) is 0.225. The van der Waals surface area contributed by atoms with E-state index in [0.717, 1.165) is 12.0 Å². The highest BCUT2D eigenvalue weighted by Crippen LogP contribution is 2.21. The highest BCUT2D eigenvalue weighted by molar-refractivity contribution is 5.17. The minimum Gasteiger partial charge on any atom is -0.390 e. The van der Waals surface area contributed by atoms with Crippen molar-refractivity contribution in [3.05, 3.63) is 35.6 Å². The third-order valence-corrected chi connectivity index (χ3v) is 2.35. The first kappa shape index (κ1) is 12.2. The maximum atomic E-state index is 12.7. The van der Waals surface area contributed by atoms with E-state index in [1.165, 1.54) is 12.1 Å². The minimum absolute atomic E-state index is 0.234. The fourth-order valence-corrected chi connectivity index (χ4v) is 1.99. The molecule has 0 heterocycles. The first-order valence-electron chi connectivity index (χ1n) is 5.36. The highest BCUT2D eigenvalue weighted by Gasteiger charge is 2.22. The Kier molecular flexibility index (Phi) is 3.86. The molecule has 0 spiro atoms. The van der Waals surface area contributed by atoms with E-state index in [-0.39, 0.29) is 5.82 Å². The van der Waals surface area contributed by atoms with Crippen LogP contribution in [0.5, 0.6) is 0 Å². The number of halogens is 1. The van der Waals surface area contributed by atoms with Crippen molar-refractivity contribution in [2.45, 2.75) is 39.2 Å². The van der Waals surface area contributed by atoms with Crippen molar-refractivity contribution in [1.82, 2.24) is 0 Å². The van der Waals surface area contributed by atoms with Crippen LogP contribution >= 0.6 is 0 Å². The first-order valence-corrected chi connectivity index (χ1v) is 5.36. The zero-order valence-electron chi connectivity index (χ0n) is 9.63. The van der Waals surface area contributed by atoms with Gasteiger partial charge >= 0.3 is 0 Å². The van der Waals surface area contributed by atoms with E-state index in [4.69, 9.17) is 0 Å². The number of hydrogen-bond donors (Lipinski definition) is 1. The molecule has 1 unspecified atom stereocenters. The van der Waals surface area contributed by atoms with Gasteiger partial charge in [0, 0.05) is 6.42 Å². The second-order valence-electron chi connectivity index (χ2n) is 4.90. The summed E-state index contributed by atoms with van der Waals surface area (Å²) in [6.07, 6.45) is 1.33. The van der Waals surface area contributed by atoms with E-state index in [1.807, 2.05) is 6.92 Å². The van der Waals surface area contributed by atoms with Crippen LogP contribution in [-0.2, 0) is 6.42 Å². The van der Waals surface area contributed by atoms with Gasteiger partial charge in [-0.3, -0.25) is 0 Å². The Balaban J connectivity index is 2.64. The quantitative estimate of drug-likeness (QED) is 0.809. The molecule has 15 heavy (non-hydrogen) atoms. The van der Waals surface area contributed by atoms with E-state index < -0.39 is 5.60 Å². The average molecular weight is 210 g/mol. The highest BCUT2D eigenvalue weighted by atomic mass is 19.1. The maximum absolute atomic E-state index is 12.7. The lowest BCUT2D eigenvalue weighted by molar-refractivity contribution is 0.0388. The fourth-order valence-electron chi connectivity index (χ4n) is 1.99. The molecule has 1 aromatic carbocycles. The summed E-state index contributed by atoms with van der Waals surface area (Å²) in [5.41, 5.74) is 0.272. The molecule has 0 aliphatic carbocycles. The Labute approximate surface area is 90.9 Å². The number of hydrogen-bond acceptors (Lipinski definition) is 1. The van der Waals surface area contributed by atoms with Gasteiger partial charge in [0.25, 0.3) is 0 Å². The van der Waals surface area contributed by atoms with Crippen molar-refractivity contribution >= 4 is 0 Å². The van der Waals surface area contributed by atoms with Crippen molar-refractivity contribution in [3.63, 3.8) is 0 Å². The van der Waals surface area contributed by atoms with Crippen LogP contribution in [0.2, 0.25) is 0 Å². The Bertz CT molecular complexity index is 301. The zero-order valence-corrected chi connectivity index (χ0v) is 9.63. The van der Waals surface area contributed by atoms with Gasteiger partial charge < -0.3 is 5.11 Å². The molecule has 0 bridgehead atoms. The van der Waals surface area contributed by atoms with E-state index in [2.05, 4.69) is 13.8 Å². The smallest absolute Gasteiger partial charge is 0.123 e. The van der Waals surface area contributed by atoms with Crippen molar-refractivity contribution < 1.29 is 9.50 Å². The molecule has 0 aliphatic rings. The molecule has 2 heteroatoms. The van der Waals surface area contributed by atoms with Gasteiger partial charge in [0.1, 0.15) is 5.82 Å². The average Bonchev–Trinajstić information content (AvgIpc) is 2.06. The lowest BCUT2D eigenvalue weighted by Gasteiger charge is -2.25. The molecule has 0 saturated carbocycles. The standard InChI is InChI=1S/C13H19FO/c1-10(2)8-13(3,15)9-11-4-6-12(14)7-5-11/h4-7,10,15H,8-9H2,1-3H3. The van der Waals surface area contributed by atoms with Crippen molar-refractivity contribution in [1.29, 1.82) is 0 Å². The topological polar surface area (TPSA) is 20.2 Å². The Hall–Kier alpha value is -0.890. The summed E-state index contributed by atoms with van der Waals surface area (Å²) in [7, 11) is 0. The van der Waals surface area contributed by atoms with Crippen molar-refractivity contribution in [2.75, 3.05) is 0 Å². The summed E-state index contributed by atoms with van der Waals surface area (Å²) < 4.78 is 12.7. The second kappa shape index (κ2) is 4.75. The predicted molar refractivity (Wildman–Crippen MR) is 60.2 cm³/mol. The normalized spacial score (nSPS) is 15.3. The summed E-state index contributed by atoms with van der Waals surface area (Å²) >= 11 is 0. The van der Waals surface area contributed by atoms with Gasteiger partial charge in [-0.25, -0.2) is 4.39 Å². The zero-order chi connectivity index (χ0) is 11.5. The third kappa shape index (κ3) is 4.43. The van der Waals surface area contributed by atoms with E-state index >= 15 is 0 Å². The maximum Gasteiger partial charge on any atom is 0.123 e. The number of rotatable bonds is 4. The van der Waals surface area contributed by atoms with Gasteiger partial charge in [-0.1, -0.05) is 26.0 Å². The van der Waals surface area contributed by atoms with Crippen LogP contribution in [0.25, 0.3) is 0 Å². The molecule has 1 nitrogen and oxygen atoms in total. The molecule has 84 valence electrons. The fraction of sp³-hybridized carbons (Fsp3) is 0.538. The Morgan fingerprint density at radius 3 is 2.27 bits per heavy atom. The lowest BCUT2D eigenvalue weighted by atomic mass is 9.88. The van der Waals surface area contributed by atoms with Crippen LogP contribution in [-0.4, -0.2) is 10.7 Å². The molecule has 0 aromatic heterocycles. The molecular formula is C13H19FO. The van der Waals surface area contributed by atoms with Gasteiger partial charge in [0.15, 0.2) is 0 Å². The number of aliphatic hydroxyl groups is 1. The summed E-state index contributed by atoms with van der Waals surface area (Å²) in [6.45, 7) is 5.99. The van der Waals surface area contributed by atoms with E-state index in [1.54, 1.807) is 12.1 Å². The second-order valence-corrected chi connectivity index (χ2v) is 4.90. The van der Waals surface area contributed by atoms with Crippen LogP contribution in [0.3, 0.4) is 0 Å². The summed E-state index contributed by atoms with van der Waals surface area (Å²) in [4.78, 5) is 0. The van der Waals surface area contributed by atoms with Gasteiger partial charge in [0.2, 0.25) is 0 Å². The third-order valence-electron chi connectivity index (χ3n) is 2.35. The van der Waals surface area contributed by atoms with Crippen LogP contribution in [0.1, 0.15) is 32.8 Å². The molecule has 0 aliphatic heterocycles. The van der Waals surface area contributed by atoms with Gasteiger partial charge in [-0.2, -0.15) is 0 Å². The van der Waals surface area contributed by atoms with Gasteiger partial charge in [-0.15, -0.1) is 0 Å². The lowest BCUT2D eigenvalue weighted by Crippen LogP contribution is -2.29. The molecular weight excluding hydrogens is 191 g/mol. The minimum atomic E-state index is -0.702. The molecule has 1 N–H and O–H groups in total.